The molecule has 0 bridgehead atoms. The molecule has 0 fully saturated rings. The fourth-order valence-electron chi connectivity index (χ4n) is 2.70. The normalized spacial score (nSPS) is 14.1. The van der Waals surface area contributed by atoms with Gasteiger partial charge in [-0.05, 0) is 61.0 Å². The predicted octanol–water partition coefficient (Wildman–Crippen LogP) is 2.76. The Labute approximate surface area is 129 Å². The molecule has 0 amide bonds. The van der Waals surface area contributed by atoms with E-state index in [4.69, 9.17) is 0 Å². The van der Waals surface area contributed by atoms with Gasteiger partial charge in [-0.1, -0.05) is 6.07 Å². The maximum Gasteiger partial charge on any atom is 0.263 e. The van der Waals surface area contributed by atoms with Crippen LogP contribution in [0, 0.1) is 0 Å². The van der Waals surface area contributed by atoms with E-state index in [1.165, 1.54) is 22.5 Å². The van der Waals surface area contributed by atoms with Crippen LogP contribution in [0.1, 0.15) is 22.4 Å². The van der Waals surface area contributed by atoms with Gasteiger partial charge in [0.2, 0.25) is 0 Å². The Kier molecular flexibility index (Phi) is 4.01. The van der Waals surface area contributed by atoms with Crippen molar-refractivity contribution in [2.75, 3.05) is 11.8 Å². The van der Waals surface area contributed by atoms with Gasteiger partial charge >= 0.3 is 0 Å². The number of benzene rings is 1. The van der Waals surface area contributed by atoms with Crippen molar-refractivity contribution in [3.05, 3.63) is 45.6 Å². The van der Waals surface area contributed by atoms with Crippen LogP contribution >= 0.6 is 11.3 Å². The first-order chi connectivity index (χ1) is 10.1. The van der Waals surface area contributed by atoms with Crippen molar-refractivity contribution in [1.29, 1.82) is 0 Å². The minimum atomic E-state index is -3.52. The summed E-state index contributed by atoms with van der Waals surface area (Å²) in [6.07, 6.45) is 3.29. The van der Waals surface area contributed by atoms with Crippen LogP contribution in [-0.4, -0.2) is 15.5 Å². The fraction of sp³-hybridized carbons (Fsp3) is 0.333. The van der Waals surface area contributed by atoms with Crippen molar-refractivity contribution in [2.24, 2.45) is 0 Å². The molecule has 21 heavy (non-hydrogen) atoms. The van der Waals surface area contributed by atoms with Gasteiger partial charge in [0.1, 0.15) is 4.90 Å². The Hall–Kier alpha value is -1.37. The van der Waals surface area contributed by atoms with Crippen molar-refractivity contribution in [2.45, 2.75) is 30.7 Å². The standard InChI is InChI=1S/C15H18N2O2S2/c1-16-10-14-15(7-8-20-14)21(18,19)17-13-6-5-11-3-2-4-12(11)9-13/h5-9,16-17H,2-4,10H2,1H3. The van der Waals surface area contributed by atoms with Crippen molar-refractivity contribution in [3.8, 4) is 0 Å². The molecule has 112 valence electrons. The molecule has 1 aliphatic rings. The highest BCUT2D eigenvalue weighted by atomic mass is 32.2. The van der Waals surface area contributed by atoms with E-state index in [1.54, 1.807) is 6.07 Å². The molecule has 2 N–H and O–H groups in total. The smallest absolute Gasteiger partial charge is 0.263 e. The first-order valence-corrected chi connectivity index (χ1v) is 9.32. The van der Waals surface area contributed by atoms with Crippen LogP contribution in [0.4, 0.5) is 5.69 Å². The van der Waals surface area contributed by atoms with E-state index >= 15 is 0 Å². The van der Waals surface area contributed by atoms with Crippen LogP contribution in [0.15, 0.2) is 34.5 Å². The molecule has 0 saturated heterocycles. The third-order valence-corrected chi connectivity index (χ3v) is 6.20. The van der Waals surface area contributed by atoms with Gasteiger partial charge in [-0.3, -0.25) is 4.72 Å². The maximum absolute atomic E-state index is 12.5. The van der Waals surface area contributed by atoms with Crippen LogP contribution in [0.25, 0.3) is 0 Å². The number of anilines is 1. The summed E-state index contributed by atoms with van der Waals surface area (Å²) in [5.74, 6) is 0. The van der Waals surface area contributed by atoms with Gasteiger partial charge < -0.3 is 5.32 Å². The van der Waals surface area contributed by atoms with Crippen LogP contribution in [-0.2, 0) is 29.4 Å². The number of thiophene rings is 1. The van der Waals surface area contributed by atoms with E-state index in [0.717, 1.165) is 24.1 Å². The van der Waals surface area contributed by atoms with E-state index in [2.05, 4.69) is 10.0 Å². The van der Waals surface area contributed by atoms with E-state index in [1.807, 2.05) is 30.6 Å². The first-order valence-electron chi connectivity index (χ1n) is 6.96. The molecule has 1 aliphatic carbocycles. The van der Waals surface area contributed by atoms with Gasteiger partial charge in [0.15, 0.2) is 0 Å². The lowest BCUT2D eigenvalue weighted by molar-refractivity contribution is 0.600. The summed E-state index contributed by atoms with van der Waals surface area (Å²) in [5.41, 5.74) is 3.25. The third kappa shape index (κ3) is 2.97. The SMILES string of the molecule is CNCc1sccc1S(=O)(=O)Nc1ccc2c(c1)CCC2. The Bertz CT molecular complexity index is 751. The zero-order valence-electron chi connectivity index (χ0n) is 11.8. The minimum Gasteiger partial charge on any atom is -0.315 e. The highest BCUT2D eigenvalue weighted by molar-refractivity contribution is 7.93. The Balaban J connectivity index is 1.87. The number of fused-ring (bicyclic) bond motifs is 1. The molecule has 1 heterocycles. The predicted molar refractivity (Wildman–Crippen MR) is 86.4 cm³/mol. The van der Waals surface area contributed by atoms with Crippen molar-refractivity contribution < 1.29 is 8.42 Å². The second kappa shape index (κ2) is 5.79. The van der Waals surface area contributed by atoms with Gasteiger partial charge in [-0.2, -0.15) is 0 Å². The second-order valence-corrected chi connectivity index (χ2v) is 7.83. The summed E-state index contributed by atoms with van der Waals surface area (Å²) in [5, 5.41) is 4.81. The van der Waals surface area contributed by atoms with Crippen LogP contribution < -0.4 is 10.0 Å². The zero-order chi connectivity index (χ0) is 14.9. The van der Waals surface area contributed by atoms with Gasteiger partial charge in [0, 0.05) is 17.1 Å². The topological polar surface area (TPSA) is 58.2 Å². The number of hydrogen-bond acceptors (Lipinski definition) is 4. The number of rotatable bonds is 5. The molecule has 0 atom stereocenters. The quantitative estimate of drug-likeness (QED) is 0.890. The van der Waals surface area contributed by atoms with E-state index in [-0.39, 0.29) is 0 Å². The summed E-state index contributed by atoms with van der Waals surface area (Å²) in [6.45, 7) is 0.554. The monoisotopic (exact) mass is 322 g/mol. The van der Waals surface area contributed by atoms with Crippen LogP contribution in [0.5, 0.6) is 0 Å². The molecule has 2 aromatic rings. The highest BCUT2D eigenvalue weighted by Crippen LogP contribution is 2.28. The molecule has 0 saturated carbocycles. The van der Waals surface area contributed by atoms with Crippen molar-refractivity contribution >= 4 is 27.0 Å². The summed E-state index contributed by atoms with van der Waals surface area (Å²) < 4.78 is 27.8. The lowest BCUT2D eigenvalue weighted by Crippen LogP contribution is -2.15. The molecule has 1 aromatic heterocycles. The lowest BCUT2D eigenvalue weighted by Gasteiger charge is -2.10. The Morgan fingerprint density at radius 1 is 1.19 bits per heavy atom. The Morgan fingerprint density at radius 3 is 2.81 bits per heavy atom. The van der Waals surface area contributed by atoms with Crippen LogP contribution in [0.3, 0.4) is 0 Å². The van der Waals surface area contributed by atoms with E-state index < -0.39 is 10.0 Å². The highest BCUT2D eigenvalue weighted by Gasteiger charge is 2.20. The van der Waals surface area contributed by atoms with Gasteiger partial charge in [-0.15, -0.1) is 11.3 Å². The molecule has 1 aromatic carbocycles. The van der Waals surface area contributed by atoms with E-state index in [0.29, 0.717) is 17.1 Å². The number of sulfonamides is 1. The minimum absolute atomic E-state index is 0.363. The van der Waals surface area contributed by atoms with Crippen LogP contribution in [0.2, 0.25) is 0 Å². The largest absolute Gasteiger partial charge is 0.315 e. The molecule has 0 radical (unpaired) electrons. The van der Waals surface area contributed by atoms with Crippen molar-refractivity contribution in [3.63, 3.8) is 0 Å². The average molecular weight is 322 g/mol. The summed E-state index contributed by atoms with van der Waals surface area (Å²) in [6, 6.07) is 7.51. The molecule has 0 aliphatic heterocycles. The third-order valence-electron chi connectivity index (χ3n) is 3.68. The second-order valence-electron chi connectivity index (χ2n) is 5.18. The maximum atomic E-state index is 12.5. The molecular formula is C15H18N2O2S2. The number of aryl methyl sites for hydroxylation is 2. The molecule has 3 rings (SSSR count). The summed E-state index contributed by atoms with van der Waals surface area (Å²) in [7, 11) is -1.71. The zero-order valence-corrected chi connectivity index (χ0v) is 13.5. The fourth-order valence-corrected chi connectivity index (χ4v) is 5.21. The number of hydrogen-bond donors (Lipinski definition) is 2. The molecular weight excluding hydrogens is 304 g/mol. The van der Waals surface area contributed by atoms with Gasteiger partial charge in [0.05, 0.1) is 0 Å². The number of nitrogens with one attached hydrogen (secondary N) is 2. The first kappa shape index (κ1) is 14.6. The van der Waals surface area contributed by atoms with Crippen molar-refractivity contribution in [1.82, 2.24) is 5.32 Å². The average Bonchev–Trinajstić information content (AvgIpc) is 3.06. The Morgan fingerprint density at radius 2 is 2.00 bits per heavy atom. The summed E-state index contributed by atoms with van der Waals surface area (Å²) in [4.78, 5) is 1.19. The molecule has 6 heteroatoms. The molecule has 0 unspecified atom stereocenters. The van der Waals surface area contributed by atoms with E-state index in [9.17, 15) is 8.42 Å². The van der Waals surface area contributed by atoms with Gasteiger partial charge in [-0.25, -0.2) is 8.42 Å². The summed E-state index contributed by atoms with van der Waals surface area (Å²) >= 11 is 1.45. The van der Waals surface area contributed by atoms with Gasteiger partial charge in [0.25, 0.3) is 10.0 Å². The molecule has 0 spiro atoms. The lowest BCUT2D eigenvalue weighted by atomic mass is 10.1. The molecule has 4 nitrogen and oxygen atoms in total.